The van der Waals surface area contributed by atoms with Gasteiger partial charge in [-0.05, 0) is 46.1 Å². The fraction of sp³-hybridized carbons (Fsp3) is 0.500. The molecule has 0 saturated heterocycles. The molecule has 0 atom stereocenters. The Morgan fingerprint density at radius 3 is 2.29 bits per heavy atom. The Balaban J connectivity index is 3.04. The SMILES string of the molecule is CN(C)C(C)(C)COc1ccc(C(=O)O)c(C(F)(F)F)c1. The summed E-state index contributed by atoms with van der Waals surface area (Å²) in [6, 6.07) is 2.85. The smallest absolute Gasteiger partial charge is 0.417 e. The van der Waals surface area contributed by atoms with Crippen LogP contribution in [-0.2, 0) is 6.18 Å². The van der Waals surface area contributed by atoms with Crippen molar-refractivity contribution in [2.75, 3.05) is 20.7 Å². The molecule has 7 heteroatoms. The summed E-state index contributed by atoms with van der Waals surface area (Å²) in [5.74, 6) is -1.63. The number of hydrogen-bond donors (Lipinski definition) is 1. The first-order valence-corrected chi connectivity index (χ1v) is 6.20. The molecule has 0 fully saturated rings. The molecule has 21 heavy (non-hydrogen) atoms. The van der Waals surface area contributed by atoms with Crippen molar-refractivity contribution >= 4 is 5.97 Å². The first-order valence-electron chi connectivity index (χ1n) is 6.20. The summed E-state index contributed by atoms with van der Waals surface area (Å²) >= 11 is 0. The molecule has 0 aliphatic carbocycles. The van der Waals surface area contributed by atoms with Crippen LogP contribution in [0.15, 0.2) is 18.2 Å². The van der Waals surface area contributed by atoms with E-state index in [4.69, 9.17) is 9.84 Å². The lowest BCUT2D eigenvalue weighted by molar-refractivity contribution is -0.138. The summed E-state index contributed by atoms with van der Waals surface area (Å²) in [6.07, 6.45) is -4.75. The maximum Gasteiger partial charge on any atom is 0.417 e. The summed E-state index contributed by atoms with van der Waals surface area (Å²) < 4.78 is 44.0. The summed E-state index contributed by atoms with van der Waals surface area (Å²) in [4.78, 5) is 12.7. The van der Waals surface area contributed by atoms with Gasteiger partial charge in [0, 0.05) is 5.54 Å². The van der Waals surface area contributed by atoms with Gasteiger partial charge >= 0.3 is 12.1 Å². The highest BCUT2D eigenvalue weighted by Gasteiger charge is 2.36. The summed E-state index contributed by atoms with van der Waals surface area (Å²) in [5.41, 5.74) is -2.37. The lowest BCUT2D eigenvalue weighted by Gasteiger charge is -2.32. The van der Waals surface area contributed by atoms with Gasteiger partial charge in [0.2, 0.25) is 0 Å². The zero-order valence-electron chi connectivity index (χ0n) is 12.3. The minimum atomic E-state index is -4.75. The van der Waals surface area contributed by atoms with E-state index >= 15 is 0 Å². The van der Waals surface area contributed by atoms with Gasteiger partial charge in [-0.1, -0.05) is 0 Å². The highest BCUT2D eigenvalue weighted by Crippen LogP contribution is 2.34. The van der Waals surface area contributed by atoms with Gasteiger partial charge in [0.1, 0.15) is 12.4 Å². The van der Waals surface area contributed by atoms with Crippen LogP contribution in [0.2, 0.25) is 0 Å². The number of hydrogen-bond acceptors (Lipinski definition) is 3. The van der Waals surface area contributed by atoms with Crippen molar-refractivity contribution < 1.29 is 27.8 Å². The van der Waals surface area contributed by atoms with E-state index in [2.05, 4.69) is 0 Å². The van der Waals surface area contributed by atoms with E-state index in [1.54, 1.807) is 0 Å². The van der Waals surface area contributed by atoms with Gasteiger partial charge in [0.15, 0.2) is 0 Å². The van der Waals surface area contributed by atoms with Crippen LogP contribution < -0.4 is 4.74 Å². The number of likely N-dealkylation sites (N-methyl/N-ethyl adjacent to an activating group) is 1. The number of carboxylic acid groups (broad SMARTS) is 1. The second kappa shape index (κ2) is 5.93. The largest absolute Gasteiger partial charge is 0.492 e. The number of halogens is 3. The van der Waals surface area contributed by atoms with Crippen molar-refractivity contribution in [1.82, 2.24) is 4.90 Å². The molecule has 0 radical (unpaired) electrons. The van der Waals surface area contributed by atoms with Crippen LogP contribution in [0.4, 0.5) is 13.2 Å². The molecule has 0 bridgehead atoms. The van der Waals surface area contributed by atoms with Crippen molar-refractivity contribution in [3.05, 3.63) is 29.3 Å². The highest BCUT2D eigenvalue weighted by molar-refractivity contribution is 5.89. The number of nitrogens with zero attached hydrogens (tertiary/aromatic N) is 1. The fourth-order valence-electron chi connectivity index (χ4n) is 1.42. The molecule has 0 aliphatic heterocycles. The van der Waals surface area contributed by atoms with Crippen molar-refractivity contribution in [2.24, 2.45) is 0 Å². The summed E-state index contributed by atoms with van der Waals surface area (Å²) in [7, 11) is 3.66. The quantitative estimate of drug-likeness (QED) is 0.908. The van der Waals surface area contributed by atoms with Gasteiger partial charge in [0.05, 0.1) is 11.1 Å². The number of rotatable bonds is 5. The molecule has 0 saturated carbocycles. The van der Waals surface area contributed by atoms with Gasteiger partial charge in [0.25, 0.3) is 0 Å². The maximum atomic E-state index is 12.9. The molecule has 118 valence electrons. The average molecular weight is 305 g/mol. The van der Waals surface area contributed by atoms with E-state index in [1.165, 1.54) is 6.07 Å². The third kappa shape index (κ3) is 4.35. The van der Waals surface area contributed by atoms with Crippen LogP contribution in [0.1, 0.15) is 29.8 Å². The monoisotopic (exact) mass is 305 g/mol. The van der Waals surface area contributed by atoms with Crippen LogP contribution in [-0.4, -0.2) is 42.2 Å². The van der Waals surface area contributed by atoms with Crippen LogP contribution in [0.3, 0.4) is 0 Å². The van der Waals surface area contributed by atoms with Gasteiger partial charge in [-0.3, -0.25) is 0 Å². The molecule has 0 aliphatic rings. The number of alkyl halides is 3. The molecular weight excluding hydrogens is 287 g/mol. The maximum absolute atomic E-state index is 12.9. The third-order valence-electron chi connectivity index (χ3n) is 3.33. The van der Waals surface area contributed by atoms with Crippen molar-refractivity contribution in [2.45, 2.75) is 25.6 Å². The van der Waals surface area contributed by atoms with E-state index in [0.717, 1.165) is 12.1 Å². The standard InChI is InChI=1S/C14H18F3NO3/c1-13(2,18(3)4)8-21-9-5-6-10(12(19)20)11(7-9)14(15,16)17/h5-7H,8H2,1-4H3,(H,19,20). The highest BCUT2D eigenvalue weighted by atomic mass is 19.4. The molecule has 4 nitrogen and oxygen atoms in total. The predicted octanol–water partition coefficient (Wildman–Crippen LogP) is 3.12. The van der Waals surface area contributed by atoms with E-state index < -0.39 is 23.3 Å². The molecule has 0 heterocycles. The molecule has 0 amide bonds. The number of aromatic carboxylic acids is 1. The van der Waals surface area contributed by atoms with Crippen molar-refractivity contribution in [1.29, 1.82) is 0 Å². The Labute approximate surface area is 121 Å². The normalized spacial score (nSPS) is 12.6. The molecule has 1 aromatic rings. The number of carbonyl (C=O) groups is 1. The summed E-state index contributed by atoms with van der Waals surface area (Å²) in [5, 5.41) is 8.80. The topological polar surface area (TPSA) is 49.8 Å². The Kier molecular flexibility index (Phi) is 4.88. The van der Waals surface area contributed by atoms with Crippen LogP contribution >= 0.6 is 0 Å². The number of ether oxygens (including phenoxy) is 1. The molecule has 1 rings (SSSR count). The number of benzene rings is 1. The predicted molar refractivity (Wildman–Crippen MR) is 71.7 cm³/mol. The second-order valence-corrected chi connectivity index (χ2v) is 5.51. The minimum absolute atomic E-state index is 0.0118. The average Bonchev–Trinajstić information content (AvgIpc) is 2.34. The van der Waals surface area contributed by atoms with Crippen LogP contribution in [0.5, 0.6) is 5.75 Å². The lowest BCUT2D eigenvalue weighted by Crippen LogP contribution is -2.43. The summed E-state index contributed by atoms with van der Waals surface area (Å²) in [6.45, 7) is 3.93. The Morgan fingerprint density at radius 2 is 1.86 bits per heavy atom. The molecule has 0 aromatic heterocycles. The van der Waals surface area contributed by atoms with E-state index in [1.807, 2.05) is 32.8 Å². The zero-order chi connectivity index (χ0) is 16.4. The Hall–Kier alpha value is -1.76. The van der Waals surface area contributed by atoms with Crippen LogP contribution in [0, 0.1) is 0 Å². The molecule has 1 N–H and O–H groups in total. The molecule has 1 aromatic carbocycles. The van der Waals surface area contributed by atoms with E-state index in [-0.39, 0.29) is 17.9 Å². The Bertz CT molecular complexity index is 525. The molecule has 0 spiro atoms. The van der Waals surface area contributed by atoms with E-state index in [9.17, 15) is 18.0 Å². The fourth-order valence-corrected chi connectivity index (χ4v) is 1.42. The minimum Gasteiger partial charge on any atom is -0.492 e. The van der Waals surface area contributed by atoms with Crippen molar-refractivity contribution in [3.8, 4) is 5.75 Å². The molecule has 0 unspecified atom stereocenters. The van der Waals surface area contributed by atoms with E-state index in [0.29, 0.717) is 0 Å². The third-order valence-corrected chi connectivity index (χ3v) is 3.33. The van der Waals surface area contributed by atoms with Gasteiger partial charge in [-0.15, -0.1) is 0 Å². The van der Waals surface area contributed by atoms with Gasteiger partial charge in [-0.2, -0.15) is 13.2 Å². The van der Waals surface area contributed by atoms with Gasteiger partial charge in [-0.25, -0.2) is 4.79 Å². The first-order chi connectivity index (χ1) is 9.45. The lowest BCUT2D eigenvalue weighted by atomic mass is 10.1. The zero-order valence-corrected chi connectivity index (χ0v) is 12.3. The molecular formula is C14H18F3NO3. The second-order valence-electron chi connectivity index (χ2n) is 5.51. The first kappa shape index (κ1) is 17.3. The van der Waals surface area contributed by atoms with Crippen LogP contribution in [0.25, 0.3) is 0 Å². The number of carboxylic acids is 1. The van der Waals surface area contributed by atoms with Gasteiger partial charge < -0.3 is 14.7 Å². The van der Waals surface area contributed by atoms with Crippen molar-refractivity contribution in [3.63, 3.8) is 0 Å². The Morgan fingerprint density at radius 1 is 1.29 bits per heavy atom.